The molecule has 4 atom stereocenters. The van der Waals surface area contributed by atoms with E-state index < -0.39 is 0 Å². The van der Waals surface area contributed by atoms with E-state index in [-0.39, 0.29) is 5.92 Å². The van der Waals surface area contributed by atoms with E-state index in [4.69, 9.17) is 0 Å². The first kappa shape index (κ1) is 17.1. The number of hydrogen-bond acceptors (Lipinski definition) is 2. The highest BCUT2D eigenvalue weighted by Gasteiger charge is 2.40. The average molecular weight is 341 g/mol. The molecule has 3 aliphatic rings. The van der Waals surface area contributed by atoms with Crippen LogP contribution in [-0.4, -0.2) is 36.0 Å². The van der Waals surface area contributed by atoms with Gasteiger partial charge in [-0.25, -0.2) is 0 Å². The van der Waals surface area contributed by atoms with Gasteiger partial charge < -0.3 is 10.2 Å². The number of rotatable bonds is 5. The number of likely N-dealkylation sites (tertiary alicyclic amines) is 1. The van der Waals surface area contributed by atoms with Gasteiger partial charge in [0.15, 0.2) is 0 Å². The number of nitrogens with zero attached hydrogens (tertiary/aromatic N) is 1. The predicted molar refractivity (Wildman–Crippen MR) is 101 cm³/mol. The van der Waals surface area contributed by atoms with Crippen LogP contribution in [0.4, 0.5) is 0 Å². The lowest BCUT2D eigenvalue weighted by Gasteiger charge is -2.37. The van der Waals surface area contributed by atoms with Crippen molar-refractivity contribution in [2.24, 2.45) is 11.8 Å². The maximum atomic E-state index is 13.0. The summed E-state index contributed by atoms with van der Waals surface area (Å²) in [6, 6.07) is 11.7. The summed E-state index contributed by atoms with van der Waals surface area (Å²) in [5.74, 6) is 2.29. The van der Waals surface area contributed by atoms with Crippen LogP contribution in [0, 0.1) is 11.8 Å². The Balaban J connectivity index is 1.30. The molecule has 1 aromatic carbocycles. The summed E-state index contributed by atoms with van der Waals surface area (Å²) in [6.07, 6.45) is 8.88. The number of fused-ring (bicyclic) bond motifs is 2. The number of amides is 1. The van der Waals surface area contributed by atoms with Gasteiger partial charge in [-0.05, 0) is 55.9 Å². The van der Waals surface area contributed by atoms with E-state index in [9.17, 15) is 4.79 Å². The molecular weight excluding hydrogens is 308 g/mol. The molecular formula is C22H32N2O. The summed E-state index contributed by atoms with van der Waals surface area (Å²) < 4.78 is 0. The second-order valence-electron chi connectivity index (χ2n) is 8.42. The van der Waals surface area contributed by atoms with Gasteiger partial charge >= 0.3 is 0 Å². The fourth-order valence-electron chi connectivity index (χ4n) is 5.48. The first-order valence-electron chi connectivity index (χ1n) is 10.3. The lowest BCUT2D eigenvalue weighted by atomic mass is 9.92. The zero-order valence-corrected chi connectivity index (χ0v) is 15.5. The summed E-state index contributed by atoms with van der Waals surface area (Å²) in [6.45, 7) is 3.96. The van der Waals surface area contributed by atoms with Gasteiger partial charge in [0.1, 0.15) is 0 Å². The molecule has 0 spiro atoms. The molecule has 3 fully saturated rings. The highest BCUT2D eigenvalue weighted by atomic mass is 16.2. The number of carbonyl (C=O) groups is 1. The monoisotopic (exact) mass is 340 g/mol. The molecule has 1 aliphatic heterocycles. The van der Waals surface area contributed by atoms with Crippen molar-refractivity contribution in [3.05, 3.63) is 35.9 Å². The SMILES string of the molecule is CCC(C(=O)N1CCC(NC2CC3CCC2C3)CC1)c1ccccc1. The van der Waals surface area contributed by atoms with E-state index in [0.717, 1.165) is 55.8 Å². The van der Waals surface area contributed by atoms with Gasteiger partial charge in [0, 0.05) is 25.2 Å². The van der Waals surface area contributed by atoms with Gasteiger partial charge in [0.05, 0.1) is 5.92 Å². The van der Waals surface area contributed by atoms with Gasteiger partial charge in [-0.2, -0.15) is 0 Å². The molecule has 1 aromatic rings. The van der Waals surface area contributed by atoms with Crippen molar-refractivity contribution in [1.82, 2.24) is 10.2 Å². The lowest BCUT2D eigenvalue weighted by Crippen LogP contribution is -2.49. The van der Waals surface area contributed by atoms with Crippen LogP contribution in [0.2, 0.25) is 0 Å². The Hall–Kier alpha value is -1.35. The number of benzene rings is 1. The molecule has 4 unspecified atom stereocenters. The Morgan fingerprint density at radius 3 is 2.48 bits per heavy atom. The third kappa shape index (κ3) is 3.62. The standard InChI is InChI=1S/C22H32N2O/c1-2-20(17-6-4-3-5-7-17)22(25)24-12-10-19(11-13-24)23-21-15-16-8-9-18(21)14-16/h3-7,16,18-21,23H,2,8-15H2,1H3. The average Bonchev–Trinajstić information content (AvgIpc) is 3.27. The van der Waals surface area contributed by atoms with Crippen LogP contribution in [-0.2, 0) is 4.79 Å². The van der Waals surface area contributed by atoms with Gasteiger partial charge in [-0.3, -0.25) is 4.79 Å². The molecule has 136 valence electrons. The molecule has 1 saturated heterocycles. The zero-order valence-electron chi connectivity index (χ0n) is 15.5. The summed E-state index contributed by atoms with van der Waals surface area (Å²) in [4.78, 5) is 15.1. The van der Waals surface area contributed by atoms with Crippen molar-refractivity contribution in [2.45, 2.75) is 69.9 Å². The first-order chi connectivity index (χ1) is 12.2. The fourth-order valence-corrected chi connectivity index (χ4v) is 5.48. The highest BCUT2D eigenvalue weighted by molar-refractivity contribution is 5.83. The van der Waals surface area contributed by atoms with Crippen LogP contribution in [0.15, 0.2) is 30.3 Å². The number of nitrogens with one attached hydrogen (secondary N) is 1. The zero-order chi connectivity index (χ0) is 17.2. The van der Waals surface area contributed by atoms with E-state index in [1.807, 2.05) is 18.2 Å². The third-order valence-corrected chi connectivity index (χ3v) is 6.90. The second-order valence-corrected chi connectivity index (χ2v) is 8.42. The van der Waals surface area contributed by atoms with Crippen molar-refractivity contribution in [3.8, 4) is 0 Å². The number of piperidine rings is 1. The largest absolute Gasteiger partial charge is 0.342 e. The topological polar surface area (TPSA) is 32.3 Å². The minimum absolute atomic E-state index is 0.0243. The van der Waals surface area contributed by atoms with E-state index in [0.29, 0.717) is 11.9 Å². The van der Waals surface area contributed by atoms with E-state index in [2.05, 4.69) is 29.3 Å². The molecule has 1 N–H and O–H groups in total. The molecule has 2 aliphatic carbocycles. The fraction of sp³-hybridized carbons (Fsp3) is 0.682. The molecule has 4 rings (SSSR count). The summed E-state index contributed by atoms with van der Waals surface area (Å²) in [5.41, 5.74) is 1.16. The smallest absolute Gasteiger partial charge is 0.230 e. The molecule has 1 amide bonds. The van der Waals surface area contributed by atoms with E-state index in [1.165, 1.54) is 25.7 Å². The van der Waals surface area contributed by atoms with Crippen molar-refractivity contribution in [2.75, 3.05) is 13.1 Å². The molecule has 3 heteroatoms. The van der Waals surface area contributed by atoms with Crippen molar-refractivity contribution >= 4 is 5.91 Å². The second kappa shape index (κ2) is 7.49. The Bertz CT molecular complexity index is 579. The number of carbonyl (C=O) groups excluding carboxylic acids is 1. The predicted octanol–water partition coefficient (Wildman–Crippen LogP) is 3.95. The van der Waals surface area contributed by atoms with Crippen LogP contribution in [0.1, 0.15) is 63.4 Å². The van der Waals surface area contributed by atoms with Crippen molar-refractivity contribution < 1.29 is 4.79 Å². The molecule has 3 nitrogen and oxygen atoms in total. The van der Waals surface area contributed by atoms with E-state index in [1.54, 1.807) is 0 Å². The molecule has 2 bridgehead atoms. The quantitative estimate of drug-likeness (QED) is 0.880. The van der Waals surface area contributed by atoms with Crippen LogP contribution < -0.4 is 5.32 Å². The molecule has 2 saturated carbocycles. The number of hydrogen-bond donors (Lipinski definition) is 1. The minimum atomic E-state index is 0.0243. The van der Waals surface area contributed by atoms with Gasteiger partial charge in [-0.1, -0.05) is 43.7 Å². The first-order valence-corrected chi connectivity index (χ1v) is 10.3. The van der Waals surface area contributed by atoms with Crippen LogP contribution in [0.3, 0.4) is 0 Å². The Labute approximate surface area is 152 Å². The summed E-state index contributed by atoms with van der Waals surface area (Å²) >= 11 is 0. The maximum absolute atomic E-state index is 13.0. The molecule has 0 radical (unpaired) electrons. The van der Waals surface area contributed by atoms with Crippen LogP contribution in [0.5, 0.6) is 0 Å². The minimum Gasteiger partial charge on any atom is -0.342 e. The van der Waals surface area contributed by atoms with E-state index >= 15 is 0 Å². The maximum Gasteiger partial charge on any atom is 0.230 e. The van der Waals surface area contributed by atoms with Crippen LogP contribution >= 0.6 is 0 Å². The lowest BCUT2D eigenvalue weighted by molar-refractivity contribution is -0.134. The highest BCUT2D eigenvalue weighted by Crippen LogP contribution is 2.44. The Morgan fingerprint density at radius 1 is 1.12 bits per heavy atom. The third-order valence-electron chi connectivity index (χ3n) is 6.90. The summed E-state index contributed by atoms with van der Waals surface area (Å²) in [5, 5.41) is 3.95. The van der Waals surface area contributed by atoms with Gasteiger partial charge in [-0.15, -0.1) is 0 Å². The summed E-state index contributed by atoms with van der Waals surface area (Å²) in [7, 11) is 0. The van der Waals surface area contributed by atoms with Gasteiger partial charge in [0.25, 0.3) is 0 Å². The normalized spacial score (nSPS) is 30.6. The van der Waals surface area contributed by atoms with Crippen LogP contribution in [0.25, 0.3) is 0 Å². The van der Waals surface area contributed by atoms with Crippen molar-refractivity contribution in [3.63, 3.8) is 0 Å². The van der Waals surface area contributed by atoms with Crippen molar-refractivity contribution in [1.29, 1.82) is 0 Å². The Morgan fingerprint density at radius 2 is 1.88 bits per heavy atom. The van der Waals surface area contributed by atoms with Gasteiger partial charge in [0.2, 0.25) is 5.91 Å². The molecule has 0 aromatic heterocycles. The molecule has 25 heavy (non-hydrogen) atoms. The molecule has 1 heterocycles. The Kier molecular flexibility index (Phi) is 5.12.